The molecule has 0 aliphatic carbocycles. The first kappa shape index (κ1) is 18.2. The summed E-state index contributed by atoms with van der Waals surface area (Å²) < 4.78 is -1.65. The van der Waals surface area contributed by atoms with E-state index >= 15 is 0 Å². The lowest BCUT2D eigenvalue weighted by Gasteiger charge is -2.14. The summed E-state index contributed by atoms with van der Waals surface area (Å²) in [5.41, 5.74) is 2.11. The van der Waals surface area contributed by atoms with Crippen molar-refractivity contribution in [3.05, 3.63) is 66.0 Å². The molecule has 1 heterocycles. The number of aryl methyl sites for hydroxylation is 1. The number of nitrogens with zero attached hydrogens (tertiary/aromatic N) is 2. The monoisotopic (exact) mass is 393 g/mol. The molecule has 0 fully saturated rings. The molecule has 2 aromatic carbocycles. The minimum absolute atomic E-state index is 0.183. The summed E-state index contributed by atoms with van der Waals surface area (Å²) in [5, 5.41) is 4.28. The molecule has 0 unspecified atom stereocenters. The number of aromatic nitrogens is 2. The summed E-state index contributed by atoms with van der Waals surface area (Å²) in [6.45, 7) is 0.799. The minimum atomic E-state index is -1.65. The maximum atomic E-state index is 5.96. The highest BCUT2D eigenvalue weighted by Crippen LogP contribution is 2.37. The highest BCUT2D eigenvalue weighted by molar-refractivity contribution is 6.66. The molecule has 1 N–H and O–H groups in total. The summed E-state index contributed by atoms with van der Waals surface area (Å²) in [4.78, 5) is 8.75. The van der Waals surface area contributed by atoms with E-state index in [1.165, 1.54) is 5.56 Å². The van der Waals surface area contributed by atoms with Crippen LogP contribution in [-0.4, -0.2) is 16.5 Å². The van der Waals surface area contributed by atoms with Crippen molar-refractivity contribution in [1.29, 1.82) is 0 Å². The molecule has 0 radical (unpaired) electrons. The molecule has 0 saturated heterocycles. The van der Waals surface area contributed by atoms with Gasteiger partial charge in [0.1, 0.15) is 5.82 Å². The van der Waals surface area contributed by atoms with E-state index in [1.807, 2.05) is 30.3 Å². The van der Waals surface area contributed by atoms with Gasteiger partial charge in [-0.3, -0.25) is 0 Å². The number of hydrogen-bond acceptors (Lipinski definition) is 3. The van der Waals surface area contributed by atoms with E-state index in [2.05, 4.69) is 39.6 Å². The van der Waals surface area contributed by atoms with E-state index in [9.17, 15) is 0 Å². The van der Waals surface area contributed by atoms with Crippen LogP contribution in [0.4, 0.5) is 5.82 Å². The fourth-order valence-electron chi connectivity index (χ4n) is 2.64. The molecule has 0 aliphatic heterocycles. The topological polar surface area (TPSA) is 37.8 Å². The minimum Gasteiger partial charge on any atom is -0.369 e. The zero-order valence-corrected chi connectivity index (χ0v) is 15.8. The standard InChI is InChI=1S/C19H18Cl3N3/c20-19(21,22)18-24-16-12-5-4-11-15(16)17(25-18)23-13-7-6-10-14-8-2-1-3-9-14/h1-5,8-9,11-12H,6-7,10,13H2,(H,23,24,25). The van der Waals surface area contributed by atoms with Crippen LogP contribution in [0.15, 0.2) is 54.6 Å². The van der Waals surface area contributed by atoms with Crippen molar-refractivity contribution < 1.29 is 0 Å². The number of rotatable bonds is 6. The van der Waals surface area contributed by atoms with Crippen molar-refractivity contribution in [2.75, 3.05) is 11.9 Å². The van der Waals surface area contributed by atoms with E-state index in [4.69, 9.17) is 34.8 Å². The largest absolute Gasteiger partial charge is 0.369 e. The second-order valence-electron chi connectivity index (χ2n) is 5.78. The van der Waals surface area contributed by atoms with Crippen LogP contribution in [0.2, 0.25) is 0 Å². The number of anilines is 1. The molecule has 3 nitrogen and oxygen atoms in total. The number of unbranched alkanes of at least 4 members (excludes halogenated alkanes) is 1. The highest BCUT2D eigenvalue weighted by Gasteiger charge is 2.27. The van der Waals surface area contributed by atoms with Gasteiger partial charge in [-0.25, -0.2) is 9.97 Å². The Morgan fingerprint density at radius 3 is 2.32 bits per heavy atom. The first-order valence-electron chi connectivity index (χ1n) is 8.16. The molecule has 0 atom stereocenters. The number of fused-ring (bicyclic) bond motifs is 1. The van der Waals surface area contributed by atoms with E-state index in [-0.39, 0.29) is 5.82 Å². The fourth-order valence-corrected chi connectivity index (χ4v) is 2.90. The van der Waals surface area contributed by atoms with Gasteiger partial charge in [-0.15, -0.1) is 0 Å². The third-order valence-corrected chi connectivity index (χ3v) is 4.39. The number of nitrogens with one attached hydrogen (secondary N) is 1. The highest BCUT2D eigenvalue weighted by atomic mass is 35.6. The Labute approximate surface area is 162 Å². The second kappa shape index (κ2) is 8.22. The molecular weight excluding hydrogens is 377 g/mol. The first-order chi connectivity index (χ1) is 12.0. The first-order valence-corrected chi connectivity index (χ1v) is 9.29. The SMILES string of the molecule is ClC(Cl)(Cl)c1nc(NCCCCc2ccccc2)c2ccccc2n1. The summed E-state index contributed by atoms with van der Waals surface area (Å²) in [6, 6.07) is 18.2. The Balaban J connectivity index is 1.66. The molecule has 130 valence electrons. The fraction of sp³-hybridized carbons (Fsp3) is 0.263. The van der Waals surface area contributed by atoms with Crippen molar-refractivity contribution in [3.8, 4) is 0 Å². The van der Waals surface area contributed by atoms with Gasteiger partial charge in [0.05, 0.1) is 5.52 Å². The van der Waals surface area contributed by atoms with Gasteiger partial charge in [0.2, 0.25) is 3.79 Å². The van der Waals surface area contributed by atoms with E-state index in [1.54, 1.807) is 0 Å². The molecule has 1 aromatic heterocycles. The van der Waals surface area contributed by atoms with Crippen LogP contribution in [0.1, 0.15) is 24.2 Å². The molecule has 0 aliphatic rings. The summed E-state index contributed by atoms with van der Waals surface area (Å²) in [7, 11) is 0. The molecular formula is C19H18Cl3N3. The third-order valence-electron chi connectivity index (χ3n) is 3.88. The van der Waals surface area contributed by atoms with E-state index < -0.39 is 3.79 Å². The Kier molecular flexibility index (Phi) is 6.00. The Morgan fingerprint density at radius 1 is 0.840 bits per heavy atom. The maximum Gasteiger partial charge on any atom is 0.250 e. The average Bonchev–Trinajstić information content (AvgIpc) is 2.61. The Hall–Kier alpha value is -1.55. The lowest BCUT2D eigenvalue weighted by atomic mass is 10.1. The van der Waals surface area contributed by atoms with Crippen LogP contribution >= 0.6 is 34.8 Å². The molecule has 6 heteroatoms. The quantitative estimate of drug-likeness (QED) is 0.418. The van der Waals surface area contributed by atoms with Crippen LogP contribution in [0.25, 0.3) is 10.9 Å². The molecule has 0 amide bonds. The smallest absolute Gasteiger partial charge is 0.250 e. The van der Waals surface area contributed by atoms with Gasteiger partial charge in [-0.2, -0.15) is 0 Å². The maximum absolute atomic E-state index is 5.96. The zero-order chi connectivity index (χ0) is 17.7. The van der Waals surface area contributed by atoms with Crippen molar-refractivity contribution in [2.45, 2.75) is 23.1 Å². The number of hydrogen-bond donors (Lipinski definition) is 1. The van der Waals surface area contributed by atoms with Crippen LogP contribution in [0.5, 0.6) is 0 Å². The molecule has 0 bridgehead atoms. The van der Waals surface area contributed by atoms with Gasteiger partial charge >= 0.3 is 0 Å². The van der Waals surface area contributed by atoms with Gasteiger partial charge in [0.25, 0.3) is 0 Å². The second-order valence-corrected chi connectivity index (χ2v) is 8.06. The predicted octanol–water partition coefficient (Wildman–Crippen LogP) is 5.89. The van der Waals surface area contributed by atoms with Crippen molar-refractivity contribution >= 4 is 51.5 Å². The Morgan fingerprint density at radius 2 is 1.56 bits per heavy atom. The lowest BCUT2D eigenvalue weighted by molar-refractivity contribution is 0.761. The van der Waals surface area contributed by atoms with Gasteiger partial charge in [-0.05, 0) is 37.0 Å². The zero-order valence-electron chi connectivity index (χ0n) is 13.6. The van der Waals surface area contributed by atoms with Crippen molar-refractivity contribution in [1.82, 2.24) is 9.97 Å². The van der Waals surface area contributed by atoms with Crippen LogP contribution < -0.4 is 5.32 Å². The van der Waals surface area contributed by atoms with Crippen molar-refractivity contribution in [2.24, 2.45) is 0 Å². The number of alkyl halides is 3. The number of benzene rings is 2. The molecule has 3 aromatic rings. The van der Waals surface area contributed by atoms with E-state index in [0.29, 0.717) is 5.82 Å². The normalized spacial score (nSPS) is 11.6. The number of para-hydroxylation sites is 1. The molecule has 25 heavy (non-hydrogen) atoms. The number of halogens is 3. The molecule has 0 spiro atoms. The van der Waals surface area contributed by atoms with Crippen LogP contribution in [0.3, 0.4) is 0 Å². The van der Waals surface area contributed by atoms with Crippen LogP contribution in [0, 0.1) is 0 Å². The van der Waals surface area contributed by atoms with Gasteiger partial charge in [0.15, 0.2) is 5.82 Å². The van der Waals surface area contributed by atoms with Gasteiger partial charge in [-0.1, -0.05) is 77.3 Å². The third kappa shape index (κ3) is 4.97. The summed E-state index contributed by atoms with van der Waals surface area (Å²) in [6.07, 6.45) is 3.18. The van der Waals surface area contributed by atoms with Gasteiger partial charge in [0, 0.05) is 11.9 Å². The predicted molar refractivity (Wildman–Crippen MR) is 107 cm³/mol. The summed E-state index contributed by atoms with van der Waals surface area (Å²) in [5.74, 6) is 0.884. The summed E-state index contributed by atoms with van der Waals surface area (Å²) >= 11 is 17.9. The Bertz CT molecular complexity index is 832. The van der Waals surface area contributed by atoms with Crippen LogP contribution in [-0.2, 0) is 10.2 Å². The van der Waals surface area contributed by atoms with Gasteiger partial charge < -0.3 is 5.32 Å². The lowest BCUT2D eigenvalue weighted by Crippen LogP contribution is -2.12. The molecule has 0 saturated carbocycles. The average molecular weight is 395 g/mol. The van der Waals surface area contributed by atoms with Crippen molar-refractivity contribution in [3.63, 3.8) is 0 Å². The van der Waals surface area contributed by atoms with E-state index in [0.717, 1.165) is 36.7 Å². The molecule has 3 rings (SSSR count).